The van der Waals surface area contributed by atoms with E-state index >= 15 is 0 Å². The molecule has 3 heterocycles. The third-order valence-corrected chi connectivity index (χ3v) is 4.35. The normalized spacial score (nSPS) is 22.4. The largest absolute Gasteiger partial charge is 0.469 e. The maximum Gasteiger partial charge on any atom is 0.469 e. The highest BCUT2D eigenvalue weighted by Crippen LogP contribution is 2.39. The van der Waals surface area contributed by atoms with Crippen LogP contribution in [0.15, 0.2) is 12.7 Å². The Hall–Kier alpha value is -2.44. The topological polar surface area (TPSA) is 175 Å². The molecule has 1 aliphatic rings. The summed E-state index contributed by atoms with van der Waals surface area (Å²) in [5.41, 5.74) is 0.696. The fraction of sp³-hybridized carbons (Fsp3) is 0.500. The average molecular weight is 415 g/mol. The highest BCUT2D eigenvalue weighted by molar-refractivity contribution is 7.46. The van der Waals surface area contributed by atoms with Gasteiger partial charge < -0.3 is 24.6 Å². The number of amides is 1. The van der Waals surface area contributed by atoms with Gasteiger partial charge in [0, 0.05) is 20.3 Å². The number of carbonyl (C=O) groups is 2. The number of hydrogen-bond acceptors (Lipinski definition) is 9. The van der Waals surface area contributed by atoms with E-state index in [1.165, 1.54) is 26.5 Å². The summed E-state index contributed by atoms with van der Waals surface area (Å²) in [6.07, 6.45) is 0.462. The summed E-state index contributed by atoms with van der Waals surface area (Å²) in [5.74, 6) is -0.662. The lowest BCUT2D eigenvalue weighted by atomic mass is 10.2. The average Bonchev–Trinajstić information content (AvgIpc) is 3.15. The maximum absolute atomic E-state index is 11.3. The lowest BCUT2D eigenvalue weighted by Crippen LogP contribution is -2.30. The fourth-order valence-corrected chi connectivity index (χ4v) is 3.19. The lowest BCUT2D eigenvalue weighted by molar-refractivity contribution is -0.150. The SMILES string of the molecule is CC(=O)Nc1ncnc2c1ncn2C1CC(OC(C)=O)C(COP(=O)(O)O)O1. The van der Waals surface area contributed by atoms with Crippen LogP contribution < -0.4 is 5.32 Å². The van der Waals surface area contributed by atoms with Gasteiger partial charge in [-0.05, 0) is 0 Å². The van der Waals surface area contributed by atoms with Gasteiger partial charge in [0.05, 0.1) is 12.9 Å². The Morgan fingerprint density at radius 3 is 2.75 bits per heavy atom. The molecule has 3 N–H and O–H groups in total. The number of anilines is 1. The van der Waals surface area contributed by atoms with Gasteiger partial charge in [-0.15, -0.1) is 0 Å². The van der Waals surface area contributed by atoms with Crippen molar-refractivity contribution in [3.8, 4) is 0 Å². The lowest BCUT2D eigenvalue weighted by Gasteiger charge is -2.18. The van der Waals surface area contributed by atoms with Gasteiger partial charge in [-0.3, -0.25) is 18.7 Å². The number of hydrogen-bond donors (Lipinski definition) is 3. The zero-order valence-electron chi connectivity index (χ0n) is 14.9. The van der Waals surface area contributed by atoms with Gasteiger partial charge in [-0.1, -0.05) is 0 Å². The number of nitrogens with zero attached hydrogens (tertiary/aromatic N) is 4. The van der Waals surface area contributed by atoms with E-state index in [-0.39, 0.29) is 18.1 Å². The molecule has 28 heavy (non-hydrogen) atoms. The quantitative estimate of drug-likeness (QED) is 0.431. The van der Waals surface area contributed by atoms with E-state index in [0.717, 1.165) is 0 Å². The maximum atomic E-state index is 11.3. The number of nitrogens with one attached hydrogen (secondary N) is 1. The van der Waals surface area contributed by atoms with E-state index in [0.29, 0.717) is 11.2 Å². The molecular weight excluding hydrogens is 397 g/mol. The number of aromatic nitrogens is 4. The molecule has 2 aromatic rings. The Morgan fingerprint density at radius 2 is 2.11 bits per heavy atom. The monoisotopic (exact) mass is 415 g/mol. The van der Waals surface area contributed by atoms with Crippen molar-refractivity contribution < 1.29 is 37.9 Å². The molecule has 0 radical (unpaired) electrons. The zero-order chi connectivity index (χ0) is 20.5. The van der Waals surface area contributed by atoms with Crippen LogP contribution in [0.2, 0.25) is 0 Å². The Kier molecular flexibility index (Phi) is 5.72. The van der Waals surface area contributed by atoms with Crippen LogP contribution in [0.25, 0.3) is 11.2 Å². The molecule has 1 amide bonds. The number of ether oxygens (including phenoxy) is 2. The molecule has 14 heteroatoms. The molecule has 1 aliphatic heterocycles. The Bertz CT molecular complexity index is 943. The van der Waals surface area contributed by atoms with Crippen molar-refractivity contribution in [1.29, 1.82) is 0 Å². The fourth-order valence-electron chi connectivity index (χ4n) is 2.85. The van der Waals surface area contributed by atoms with Gasteiger partial charge in [0.2, 0.25) is 5.91 Å². The van der Waals surface area contributed by atoms with Crippen molar-refractivity contribution in [2.75, 3.05) is 11.9 Å². The molecule has 3 unspecified atom stereocenters. The molecule has 2 aromatic heterocycles. The first-order valence-electron chi connectivity index (χ1n) is 8.12. The summed E-state index contributed by atoms with van der Waals surface area (Å²) in [4.78, 5) is 52.8. The second-order valence-corrected chi connectivity index (χ2v) is 7.27. The third-order valence-electron chi connectivity index (χ3n) is 3.87. The molecule has 3 rings (SSSR count). The minimum atomic E-state index is -4.72. The first-order valence-corrected chi connectivity index (χ1v) is 9.65. The molecule has 152 valence electrons. The standard InChI is InChI=1S/C14H18N5O8P/c1-7(20)18-13-12-14(16-5-15-13)19(6-17-12)11-3-9(26-8(2)21)10(27-11)4-25-28(22,23)24/h5-6,9-11H,3-4H2,1-2H3,(H2,22,23,24)(H,15,16,18,20). The molecule has 0 saturated carbocycles. The predicted octanol–water partition coefficient (Wildman–Crippen LogP) is 0.113. The second-order valence-electron chi connectivity index (χ2n) is 6.03. The number of phosphoric ester groups is 1. The molecule has 1 fully saturated rings. The van der Waals surface area contributed by atoms with Crippen LogP contribution >= 0.6 is 7.82 Å². The molecule has 0 aliphatic carbocycles. The molecule has 0 aromatic carbocycles. The minimum Gasteiger partial charge on any atom is -0.460 e. The van der Waals surface area contributed by atoms with E-state index in [4.69, 9.17) is 19.3 Å². The van der Waals surface area contributed by atoms with Crippen LogP contribution in [0, 0.1) is 0 Å². The highest BCUT2D eigenvalue weighted by Gasteiger charge is 2.40. The summed E-state index contributed by atoms with van der Waals surface area (Å²) < 4.78 is 28.0. The molecular formula is C14H18N5O8P. The number of imidazole rings is 1. The van der Waals surface area contributed by atoms with Crippen LogP contribution in [0.5, 0.6) is 0 Å². The van der Waals surface area contributed by atoms with Crippen LogP contribution in [-0.4, -0.2) is 60.0 Å². The van der Waals surface area contributed by atoms with Crippen molar-refractivity contribution in [2.24, 2.45) is 0 Å². The van der Waals surface area contributed by atoms with Crippen LogP contribution in [0.4, 0.5) is 5.82 Å². The van der Waals surface area contributed by atoms with Gasteiger partial charge >= 0.3 is 13.8 Å². The molecule has 3 atom stereocenters. The molecule has 1 saturated heterocycles. The van der Waals surface area contributed by atoms with E-state index in [1.807, 2.05) is 0 Å². The predicted molar refractivity (Wildman–Crippen MR) is 91.7 cm³/mol. The first-order chi connectivity index (χ1) is 13.1. The summed E-state index contributed by atoms with van der Waals surface area (Å²) in [7, 11) is -4.72. The van der Waals surface area contributed by atoms with E-state index in [1.54, 1.807) is 4.57 Å². The van der Waals surface area contributed by atoms with Crippen LogP contribution in [0.1, 0.15) is 26.5 Å². The minimum absolute atomic E-state index is 0.180. The van der Waals surface area contributed by atoms with Gasteiger partial charge in [-0.25, -0.2) is 19.5 Å². The third kappa shape index (κ3) is 4.69. The first kappa shape index (κ1) is 20.3. The van der Waals surface area contributed by atoms with Crippen molar-refractivity contribution in [2.45, 2.75) is 38.7 Å². The summed E-state index contributed by atoms with van der Waals surface area (Å²) in [6.45, 7) is 2.07. The Morgan fingerprint density at radius 1 is 1.36 bits per heavy atom. The second kappa shape index (κ2) is 7.89. The number of carbonyl (C=O) groups excluding carboxylic acids is 2. The molecule has 13 nitrogen and oxygen atoms in total. The number of esters is 1. The Labute approximate surface area is 158 Å². The van der Waals surface area contributed by atoms with Gasteiger partial charge in [0.15, 0.2) is 17.0 Å². The van der Waals surface area contributed by atoms with Crippen molar-refractivity contribution >= 4 is 36.7 Å². The number of phosphoric acid groups is 1. The molecule has 0 spiro atoms. The van der Waals surface area contributed by atoms with E-state index in [9.17, 15) is 14.2 Å². The van der Waals surface area contributed by atoms with Crippen LogP contribution in [-0.2, 0) is 28.2 Å². The highest BCUT2D eigenvalue weighted by atomic mass is 31.2. The summed E-state index contributed by atoms with van der Waals surface area (Å²) >= 11 is 0. The Balaban J connectivity index is 1.86. The van der Waals surface area contributed by atoms with E-state index in [2.05, 4.69) is 24.8 Å². The van der Waals surface area contributed by atoms with Gasteiger partial charge in [0.1, 0.15) is 24.8 Å². The molecule has 0 bridgehead atoms. The van der Waals surface area contributed by atoms with E-state index < -0.39 is 38.8 Å². The smallest absolute Gasteiger partial charge is 0.460 e. The van der Waals surface area contributed by atoms with Crippen molar-refractivity contribution in [3.05, 3.63) is 12.7 Å². The zero-order valence-corrected chi connectivity index (χ0v) is 15.8. The number of fused-ring (bicyclic) bond motifs is 1. The summed E-state index contributed by atoms with van der Waals surface area (Å²) in [6, 6.07) is 0. The van der Waals surface area contributed by atoms with Gasteiger partial charge in [0.25, 0.3) is 0 Å². The van der Waals surface area contributed by atoms with Crippen molar-refractivity contribution in [3.63, 3.8) is 0 Å². The number of rotatable bonds is 6. The van der Waals surface area contributed by atoms with Crippen LogP contribution in [0.3, 0.4) is 0 Å². The summed E-state index contributed by atoms with van der Waals surface area (Å²) in [5, 5.41) is 2.55. The van der Waals surface area contributed by atoms with Gasteiger partial charge in [-0.2, -0.15) is 0 Å². The van der Waals surface area contributed by atoms with Crippen molar-refractivity contribution in [1.82, 2.24) is 19.5 Å².